The Bertz CT molecular complexity index is 779. The molecule has 116 valence electrons. The number of esters is 1. The fourth-order valence-corrected chi connectivity index (χ4v) is 1.87. The number of ether oxygens (including phenoxy) is 1. The normalized spacial score (nSPS) is 9.74. The van der Waals surface area contributed by atoms with Gasteiger partial charge in [-0.25, -0.2) is 4.85 Å². The van der Waals surface area contributed by atoms with Gasteiger partial charge in [0.05, 0.1) is 11.5 Å². The molecule has 0 aliphatic carbocycles. The van der Waals surface area contributed by atoms with Crippen LogP contribution in [0.3, 0.4) is 0 Å². The Morgan fingerprint density at radius 2 is 2.00 bits per heavy atom. The van der Waals surface area contributed by atoms with E-state index in [0.717, 1.165) is 5.56 Å². The van der Waals surface area contributed by atoms with Crippen LogP contribution in [0.4, 0.5) is 22.7 Å². The Morgan fingerprint density at radius 3 is 2.57 bits per heavy atom. The van der Waals surface area contributed by atoms with Gasteiger partial charge < -0.3 is 10.1 Å². The maximum Gasteiger partial charge on any atom is 0.302 e. The van der Waals surface area contributed by atoms with Gasteiger partial charge in [0.1, 0.15) is 12.3 Å². The molecule has 0 unspecified atom stereocenters. The molecule has 0 atom stereocenters. The second kappa shape index (κ2) is 7.04. The second-order valence-corrected chi connectivity index (χ2v) is 4.67. The summed E-state index contributed by atoms with van der Waals surface area (Å²) in [7, 11) is 0. The molecule has 2 rings (SSSR count). The predicted octanol–water partition coefficient (Wildman–Crippen LogP) is 3.95. The van der Waals surface area contributed by atoms with E-state index in [-0.39, 0.29) is 24.0 Å². The molecule has 0 saturated heterocycles. The Labute approximate surface area is 132 Å². The zero-order chi connectivity index (χ0) is 16.8. The lowest BCUT2D eigenvalue weighted by Gasteiger charge is -2.08. The van der Waals surface area contributed by atoms with Crippen LogP contribution in [0.2, 0.25) is 0 Å². The molecule has 0 fully saturated rings. The molecule has 0 radical (unpaired) electrons. The predicted molar refractivity (Wildman–Crippen MR) is 84.6 cm³/mol. The van der Waals surface area contributed by atoms with Crippen molar-refractivity contribution in [3.63, 3.8) is 0 Å². The van der Waals surface area contributed by atoms with Crippen LogP contribution >= 0.6 is 0 Å². The molecule has 2 aromatic rings. The molecule has 0 heterocycles. The fourth-order valence-electron chi connectivity index (χ4n) is 1.87. The third-order valence-corrected chi connectivity index (χ3v) is 2.98. The van der Waals surface area contributed by atoms with Crippen LogP contribution in [0.5, 0.6) is 0 Å². The Hall–Kier alpha value is -3.40. The Balaban J connectivity index is 2.17. The van der Waals surface area contributed by atoms with Gasteiger partial charge in [-0.05, 0) is 23.8 Å². The monoisotopic (exact) mass is 311 g/mol. The lowest BCUT2D eigenvalue weighted by Crippen LogP contribution is -1.99. The summed E-state index contributed by atoms with van der Waals surface area (Å²) in [4.78, 5) is 24.5. The summed E-state index contributed by atoms with van der Waals surface area (Å²) in [5.74, 6) is -0.359. The van der Waals surface area contributed by atoms with Crippen molar-refractivity contribution in [2.24, 2.45) is 0 Å². The zero-order valence-corrected chi connectivity index (χ0v) is 12.3. The summed E-state index contributed by atoms with van der Waals surface area (Å²) in [5.41, 5.74) is 1.80. The molecular weight excluding hydrogens is 298 g/mol. The number of nitro groups is 1. The minimum absolute atomic E-state index is 0.164. The van der Waals surface area contributed by atoms with E-state index in [1.165, 1.54) is 25.1 Å². The standard InChI is InChI=1S/C16H13N3O4/c1-11(20)23-10-12-3-5-13(6-4-12)18-15-8-7-14(17-2)9-16(15)19(21)22/h3-9,18H,10H2,1H3. The van der Waals surface area contributed by atoms with Gasteiger partial charge in [0.2, 0.25) is 0 Å². The van der Waals surface area contributed by atoms with E-state index >= 15 is 0 Å². The minimum atomic E-state index is -0.536. The smallest absolute Gasteiger partial charge is 0.302 e. The maximum absolute atomic E-state index is 11.1. The number of anilines is 2. The summed E-state index contributed by atoms with van der Waals surface area (Å²) < 4.78 is 4.89. The SMILES string of the molecule is [C-]#[N+]c1ccc(Nc2ccc(COC(C)=O)cc2)c([N+](=O)[O-])c1. The van der Waals surface area contributed by atoms with Gasteiger partial charge in [0.25, 0.3) is 5.69 Å². The highest BCUT2D eigenvalue weighted by molar-refractivity contribution is 5.73. The summed E-state index contributed by atoms with van der Waals surface area (Å²) in [6.45, 7) is 8.42. The van der Waals surface area contributed by atoms with Gasteiger partial charge in [-0.3, -0.25) is 14.9 Å². The molecule has 0 saturated carbocycles. The Kier molecular flexibility index (Phi) is 4.89. The average Bonchev–Trinajstić information content (AvgIpc) is 2.54. The first-order valence-electron chi connectivity index (χ1n) is 6.65. The van der Waals surface area contributed by atoms with E-state index in [1.54, 1.807) is 24.3 Å². The molecule has 1 N–H and O–H groups in total. The van der Waals surface area contributed by atoms with Crippen molar-refractivity contribution >= 4 is 28.7 Å². The van der Waals surface area contributed by atoms with Gasteiger partial charge in [-0.2, -0.15) is 0 Å². The van der Waals surface area contributed by atoms with E-state index in [9.17, 15) is 14.9 Å². The first-order valence-corrected chi connectivity index (χ1v) is 6.65. The van der Waals surface area contributed by atoms with Gasteiger partial charge in [0.15, 0.2) is 5.69 Å². The largest absolute Gasteiger partial charge is 0.461 e. The number of hydrogen-bond donors (Lipinski definition) is 1. The van der Waals surface area contributed by atoms with Crippen LogP contribution < -0.4 is 5.32 Å². The summed E-state index contributed by atoms with van der Waals surface area (Å²) in [6.07, 6.45) is 0. The summed E-state index contributed by atoms with van der Waals surface area (Å²) in [5, 5.41) is 14.0. The lowest BCUT2D eigenvalue weighted by molar-refractivity contribution is -0.383. The van der Waals surface area contributed by atoms with Crippen molar-refractivity contribution in [3.8, 4) is 0 Å². The van der Waals surface area contributed by atoms with Crippen LogP contribution in [-0.4, -0.2) is 10.9 Å². The molecule has 0 aliphatic rings. The molecule has 0 spiro atoms. The van der Waals surface area contributed by atoms with E-state index in [4.69, 9.17) is 11.3 Å². The van der Waals surface area contributed by atoms with Gasteiger partial charge in [-0.1, -0.05) is 18.2 Å². The number of carbonyl (C=O) groups excluding carboxylic acids is 1. The van der Waals surface area contributed by atoms with Crippen LogP contribution in [0, 0.1) is 16.7 Å². The molecule has 7 nitrogen and oxygen atoms in total. The van der Waals surface area contributed by atoms with E-state index in [2.05, 4.69) is 10.2 Å². The molecule has 23 heavy (non-hydrogen) atoms. The zero-order valence-electron chi connectivity index (χ0n) is 12.3. The first kappa shape index (κ1) is 16.0. The number of nitro benzene ring substituents is 1. The minimum Gasteiger partial charge on any atom is -0.461 e. The van der Waals surface area contributed by atoms with Crippen molar-refractivity contribution in [1.82, 2.24) is 0 Å². The third-order valence-electron chi connectivity index (χ3n) is 2.98. The van der Waals surface area contributed by atoms with Crippen molar-refractivity contribution in [1.29, 1.82) is 0 Å². The molecule has 0 aliphatic heterocycles. The van der Waals surface area contributed by atoms with Crippen molar-refractivity contribution < 1.29 is 14.5 Å². The summed E-state index contributed by atoms with van der Waals surface area (Å²) >= 11 is 0. The maximum atomic E-state index is 11.1. The molecule has 2 aromatic carbocycles. The highest BCUT2D eigenvalue weighted by Crippen LogP contribution is 2.31. The lowest BCUT2D eigenvalue weighted by atomic mass is 10.2. The van der Waals surface area contributed by atoms with Crippen molar-refractivity contribution in [2.75, 3.05) is 5.32 Å². The average molecular weight is 311 g/mol. The van der Waals surface area contributed by atoms with E-state index in [0.29, 0.717) is 11.4 Å². The number of rotatable bonds is 5. The number of nitrogens with zero attached hydrogens (tertiary/aromatic N) is 2. The van der Waals surface area contributed by atoms with Gasteiger partial charge in [-0.15, -0.1) is 0 Å². The van der Waals surface area contributed by atoms with Crippen LogP contribution in [0.1, 0.15) is 12.5 Å². The highest BCUT2D eigenvalue weighted by atomic mass is 16.6. The number of nitrogens with one attached hydrogen (secondary N) is 1. The van der Waals surface area contributed by atoms with E-state index < -0.39 is 4.92 Å². The molecule has 7 heteroatoms. The van der Waals surface area contributed by atoms with Crippen molar-refractivity contribution in [3.05, 3.63) is 69.6 Å². The molecule has 0 bridgehead atoms. The molecule has 0 amide bonds. The topological polar surface area (TPSA) is 85.8 Å². The number of benzene rings is 2. The van der Waals surface area contributed by atoms with Crippen LogP contribution in [0.25, 0.3) is 4.85 Å². The Morgan fingerprint density at radius 1 is 1.30 bits per heavy atom. The second-order valence-electron chi connectivity index (χ2n) is 4.67. The highest BCUT2D eigenvalue weighted by Gasteiger charge is 2.14. The fraction of sp³-hybridized carbons (Fsp3) is 0.125. The number of hydrogen-bond acceptors (Lipinski definition) is 5. The quantitative estimate of drug-likeness (QED) is 0.391. The summed E-state index contributed by atoms with van der Waals surface area (Å²) in [6, 6.07) is 11.2. The molecular formula is C16H13N3O4. The van der Waals surface area contributed by atoms with Crippen LogP contribution in [0.15, 0.2) is 42.5 Å². The van der Waals surface area contributed by atoms with E-state index in [1.807, 2.05) is 0 Å². The van der Waals surface area contributed by atoms with Crippen LogP contribution in [-0.2, 0) is 16.1 Å². The van der Waals surface area contributed by atoms with Crippen molar-refractivity contribution in [2.45, 2.75) is 13.5 Å². The number of carbonyl (C=O) groups is 1. The molecule has 0 aromatic heterocycles. The van der Waals surface area contributed by atoms with Gasteiger partial charge >= 0.3 is 5.97 Å². The third kappa shape index (κ3) is 4.28. The first-order chi connectivity index (χ1) is 11.0. The van der Waals surface area contributed by atoms with Gasteiger partial charge in [0, 0.05) is 18.7 Å².